The normalized spacial score (nSPS) is 16.6. The fourth-order valence-electron chi connectivity index (χ4n) is 2.45. The standard InChI is InChI=1S/C17H22FNO2/c1-11-9-12(18)10-14-13(11)7-8-17(5,6)19(14)15(20)21-16(2,3)4/h7-10H,1-6H3. The van der Waals surface area contributed by atoms with E-state index in [-0.39, 0.29) is 5.82 Å². The lowest BCUT2D eigenvalue weighted by Gasteiger charge is -2.40. The summed E-state index contributed by atoms with van der Waals surface area (Å²) in [5, 5.41) is 0. The van der Waals surface area contributed by atoms with Crippen molar-refractivity contribution in [1.29, 1.82) is 0 Å². The minimum Gasteiger partial charge on any atom is -0.443 e. The second kappa shape index (κ2) is 4.86. The predicted octanol–water partition coefficient (Wildman–Crippen LogP) is 4.68. The van der Waals surface area contributed by atoms with Crippen LogP contribution in [0.25, 0.3) is 6.08 Å². The van der Waals surface area contributed by atoms with Crippen molar-refractivity contribution in [2.45, 2.75) is 52.7 Å². The van der Waals surface area contributed by atoms with E-state index in [1.165, 1.54) is 17.0 Å². The fraction of sp³-hybridized carbons (Fsp3) is 0.471. The number of ether oxygens (including phenoxy) is 1. The number of benzene rings is 1. The van der Waals surface area contributed by atoms with Crippen molar-refractivity contribution in [3.63, 3.8) is 0 Å². The van der Waals surface area contributed by atoms with E-state index < -0.39 is 17.2 Å². The summed E-state index contributed by atoms with van der Waals surface area (Å²) in [5.74, 6) is -0.356. The molecule has 0 fully saturated rings. The molecule has 1 amide bonds. The van der Waals surface area contributed by atoms with Crippen molar-refractivity contribution < 1.29 is 13.9 Å². The highest BCUT2D eigenvalue weighted by molar-refractivity contribution is 5.95. The third kappa shape index (κ3) is 3.09. The molecule has 1 aromatic rings. The first kappa shape index (κ1) is 15.5. The molecule has 1 heterocycles. The average molecular weight is 291 g/mol. The van der Waals surface area contributed by atoms with E-state index in [2.05, 4.69) is 0 Å². The smallest absolute Gasteiger partial charge is 0.415 e. The molecular weight excluding hydrogens is 269 g/mol. The molecule has 0 aromatic heterocycles. The Kier molecular flexibility index (Phi) is 3.60. The van der Waals surface area contributed by atoms with Crippen LogP contribution in [0, 0.1) is 12.7 Å². The summed E-state index contributed by atoms with van der Waals surface area (Å²) in [5.41, 5.74) is 1.02. The SMILES string of the molecule is Cc1cc(F)cc2c1C=CC(C)(C)N2C(=O)OC(C)(C)C. The van der Waals surface area contributed by atoms with Gasteiger partial charge in [0.05, 0.1) is 11.2 Å². The minimum absolute atomic E-state index is 0.356. The molecule has 0 bridgehead atoms. The summed E-state index contributed by atoms with van der Waals surface area (Å²) in [7, 11) is 0. The number of carbonyl (C=O) groups is 1. The number of anilines is 1. The van der Waals surface area contributed by atoms with Crippen LogP contribution in [0.1, 0.15) is 45.7 Å². The Morgan fingerprint density at radius 3 is 2.48 bits per heavy atom. The van der Waals surface area contributed by atoms with Crippen molar-refractivity contribution in [3.8, 4) is 0 Å². The number of aryl methyl sites for hydroxylation is 1. The van der Waals surface area contributed by atoms with Gasteiger partial charge < -0.3 is 4.74 Å². The third-order valence-electron chi connectivity index (χ3n) is 3.38. The average Bonchev–Trinajstić information content (AvgIpc) is 2.23. The molecule has 0 radical (unpaired) electrons. The number of amides is 1. The van der Waals surface area contributed by atoms with Gasteiger partial charge in [0.1, 0.15) is 11.4 Å². The first-order chi connectivity index (χ1) is 9.51. The van der Waals surface area contributed by atoms with Gasteiger partial charge in [-0.2, -0.15) is 0 Å². The van der Waals surface area contributed by atoms with Gasteiger partial charge in [0.25, 0.3) is 0 Å². The zero-order chi connectivity index (χ0) is 16.0. The zero-order valence-corrected chi connectivity index (χ0v) is 13.5. The van der Waals surface area contributed by atoms with E-state index in [1.54, 1.807) is 0 Å². The first-order valence-electron chi connectivity index (χ1n) is 7.04. The quantitative estimate of drug-likeness (QED) is 0.694. The maximum absolute atomic E-state index is 13.8. The van der Waals surface area contributed by atoms with Crippen LogP contribution in [0.3, 0.4) is 0 Å². The van der Waals surface area contributed by atoms with E-state index in [4.69, 9.17) is 4.74 Å². The second-order valence-electron chi connectivity index (χ2n) is 6.96. The van der Waals surface area contributed by atoms with E-state index >= 15 is 0 Å². The summed E-state index contributed by atoms with van der Waals surface area (Å²) in [6.45, 7) is 11.1. The van der Waals surface area contributed by atoms with Gasteiger partial charge in [0.2, 0.25) is 0 Å². The molecule has 1 aromatic carbocycles. The monoisotopic (exact) mass is 291 g/mol. The molecule has 0 spiro atoms. The Morgan fingerprint density at radius 1 is 1.29 bits per heavy atom. The van der Waals surface area contributed by atoms with Crippen LogP contribution in [0.2, 0.25) is 0 Å². The van der Waals surface area contributed by atoms with Crippen molar-refractivity contribution in [2.75, 3.05) is 4.90 Å². The van der Waals surface area contributed by atoms with Gasteiger partial charge in [-0.1, -0.05) is 12.2 Å². The highest BCUT2D eigenvalue weighted by atomic mass is 19.1. The summed E-state index contributed by atoms with van der Waals surface area (Å²) < 4.78 is 19.3. The van der Waals surface area contributed by atoms with Crippen molar-refractivity contribution in [2.24, 2.45) is 0 Å². The lowest BCUT2D eigenvalue weighted by molar-refractivity contribution is 0.0556. The Balaban J connectivity index is 2.54. The number of carbonyl (C=O) groups excluding carboxylic acids is 1. The maximum Gasteiger partial charge on any atom is 0.415 e. The van der Waals surface area contributed by atoms with E-state index in [1.807, 2.05) is 53.7 Å². The Labute approximate surface area is 125 Å². The predicted molar refractivity (Wildman–Crippen MR) is 83.0 cm³/mol. The molecule has 1 aliphatic rings. The van der Waals surface area contributed by atoms with Crippen molar-refractivity contribution >= 4 is 17.9 Å². The summed E-state index contributed by atoms with van der Waals surface area (Å²) in [6.07, 6.45) is 3.40. The van der Waals surface area contributed by atoms with Gasteiger partial charge in [0.15, 0.2) is 0 Å². The van der Waals surface area contributed by atoms with E-state index in [9.17, 15) is 9.18 Å². The van der Waals surface area contributed by atoms with Crippen LogP contribution < -0.4 is 4.90 Å². The number of hydrogen-bond acceptors (Lipinski definition) is 2. The van der Waals surface area contributed by atoms with Crippen molar-refractivity contribution in [1.82, 2.24) is 0 Å². The Bertz CT molecular complexity index is 612. The highest BCUT2D eigenvalue weighted by Crippen LogP contribution is 2.37. The Morgan fingerprint density at radius 2 is 1.90 bits per heavy atom. The third-order valence-corrected chi connectivity index (χ3v) is 3.38. The first-order valence-corrected chi connectivity index (χ1v) is 7.04. The van der Waals surface area contributed by atoms with Gasteiger partial charge >= 0.3 is 6.09 Å². The van der Waals surface area contributed by atoms with Crippen LogP contribution in [0.5, 0.6) is 0 Å². The lowest BCUT2D eigenvalue weighted by Crippen LogP contribution is -2.50. The molecule has 114 valence electrons. The number of halogens is 1. The number of nitrogens with zero attached hydrogens (tertiary/aromatic N) is 1. The molecule has 2 rings (SSSR count). The summed E-state index contributed by atoms with van der Waals surface area (Å²) in [6, 6.07) is 2.85. The second-order valence-corrected chi connectivity index (χ2v) is 6.96. The molecular formula is C17H22FNO2. The molecule has 0 saturated heterocycles. The maximum atomic E-state index is 13.8. The minimum atomic E-state index is -0.600. The zero-order valence-electron chi connectivity index (χ0n) is 13.5. The molecule has 0 N–H and O–H groups in total. The molecule has 1 aliphatic heterocycles. The van der Waals surface area contributed by atoms with Crippen LogP contribution >= 0.6 is 0 Å². The van der Waals surface area contributed by atoms with Crippen LogP contribution in [0.4, 0.5) is 14.9 Å². The number of hydrogen-bond donors (Lipinski definition) is 0. The molecule has 0 atom stereocenters. The largest absolute Gasteiger partial charge is 0.443 e. The summed E-state index contributed by atoms with van der Waals surface area (Å²) >= 11 is 0. The topological polar surface area (TPSA) is 29.5 Å². The molecule has 0 unspecified atom stereocenters. The van der Waals surface area contributed by atoms with Crippen molar-refractivity contribution in [3.05, 3.63) is 35.2 Å². The van der Waals surface area contributed by atoms with Crippen LogP contribution in [-0.2, 0) is 4.74 Å². The molecule has 3 nitrogen and oxygen atoms in total. The van der Waals surface area contributed by atoms with Gasteiger partial charge in [-0.3, -0.25) is 4.90 Å². The number of rotatable bonds is 0. The molecule has 4 heteroatoms. The van der Waals surface area contributed by atoms with Gasteiger partial charge in [-0.15, -0.1) is 0 Å². The van der Waals surface area contributed by atoms with E-state index in [0.717, 1.165) is 11.1 Å². The molecule has 21 heavy (non-hydrogen) atoms. The van der Waals surface area contributed by atoms with E-state index in [0.29, 0.717) is 5.69 Å². The highest BCUT2D eigenvalue weighted by Gasteiger charge is 2.37. The summed E-state index contributed by atoms with van der Waals surface area (Å²) in [4.78, 5) is 14.1. The van der Waals surface area contributed by atoms with Crippen LogP contribution in [0.15, 0.2) is 18.2 Å². The van der Waals surface area contributed by atoms with Gasteiger partial charge in [0, 0.05) is 5.56 Å². The lowest BCUT2D eigenvalue weighted by atomic mass is 9.92. The van der Waals surface area contributed by atoms with Gasteiger partial charge in [-0.05, 0) is 59.2 Å². The molecule has 0 aliphatic carbocycles. The van der Waals surface area contributed by atoms with Gasteiger partial charge in [-0.25, -0.2) is 9.18 Å². The molecule has 0 saturated carbocycles. The Hall–Kier alpha value is -1.84. The van der Waals surface area contributed by atoms with Crippen LogP contribution in [-0.4, -0.2) is 17.2 Å². The number of fused-ring (bicyclic) bond motifs is 1. The fourth-order valence-corrected chi connectivity index (χ4v) is 2.45.